The fraction of sp³-hybridized carbons (Fsp3) is 0.143. The number of methoxy groups -OCH3 is 1. The Morgan fingerprint density at radius 1 is 1.75 bits per heavy atom. The number of nitrogens with one attached hydrogen (secondary N) is 1. The van der Waals surface area contributed by atoms with Crippen LogP contribution in [0.3, 0.4) is 0 Å². The summed E-state index contributed by atoms with van der Waals surface area (Å²) in [6.45, 7) is 0. The monoisotopic (exact) mass is 168 g/mol. The number of ether oxygens (including phenoxy) is 1. The second-order valence-corrected chi connectivity index (χ2v) is 2.02. The summed E-state index contributed by atoms with van der Waals surface area (Å²) in [5, 5.41) is 10.5. The maximum atomic E-state index is 10.2. The van der Waals surface area contributed by atoms with Crippen molar-refractivity contribution in [3.63, 3.8) is 0 Å². The molecule has 1 amide bonds. The lowest BCUT2D eigenvalue weighted by Gasteiger charge is -2.01. The largest absolute Gasteiger partial charge is 0.481 e. The molecule has 1 heterocycles. The minimum Gasteiger partial charge on any atom is -0.481 e. The summed E-state index contributed by atoms with van der Waals surface area (Å²) in [5.41, 5.74) is 0.439. The summed E-state index contributed by atoms with van der Waals surface area (Å²) >= 11 is 0. The summed E-state index contributed by atoms with van der Waals surface area (Å²) in [6, 6.07) is 3.03. The Bertz CT molecular complexity index is 288. The first-order valence-electron chi connectivity index (χ1n) is 3.22. The van der Waals surface area contributed by atoms with Gasteiger partial charge in [-0.2, -0.15) is 0 Å². The molecule has 0 atom stereocenters. The van der Waals surface area contributed by atoms with E-state index in [-0.39, 0.29) is 0 Å². The lowest BCUT2D eigenvalue weighted by atomic mass is 10.4. The highest BCUT2D eigenvalue weighted by atomic mass is 16.5. The van der Waals surface area contributed by atoms with Crippen molar-refractivity contribution in [3.05, 3.63) is 18.3 Å². The van der Waals surface area contributed by atoms with Crippen LogP contribution in [0.25, 0.3) is 0 Å². The number of rotatable bonds is 2. The highest BCUT2D eigenvalue weighted by Crippen LogP contribution is 2.12. The van der Waals surface area contributed by atoms with Crippen LogP contribution >= 0.6 is 0 Å². The first kappa shape index (κ1) is 8.32. The Balaban J connectivity index is 2.79. The fourth-order valence-corrected chi connectivity index (χ4v) is 0.722. The number of anilines is 1. The fourth-order valence-electron chi connectivity index (χ4n) is 0.722. The summed E-state index contributed by atoms with van der Waals surface area (Å²) in [4.78, 5) is 14.0. The lowest BCUT2D eigenvalue weighted by molar-refractivity contribution is 0.209. The van der Waals surface area contributed by atoms with Crippen molar-refractivity contribution in [2.45, 2.75) is 0 Å². The van der Waals surface area contributed by atoms with Gasteiger partial charge in [0, 0.05) is 12.3 Å². The molecule has 5 heteroatoms. The summed E-state index contributed by atoms with van der Waals surface area (Å²) in [5.74, 6) is 0.376. The van der Waals surface area contributed by atoms with Gasteiger partial charge in [-0.1, -0.05) is 0 Å². The van der Waals surface area contributed by atoms with E-state index in [2.05, 4.69) is 10.3 Å². The molecule has 0 saturated carbocycles. The number of hydrogen-bond acceptors (Lipinski definition) is 3. The minimum atomic E-state index is -1.11. The van der Waals surface area contributed by atoms with E-state index >= 15 is 0 Å². The molecule has 64 valence electrons. The third kappa shape index (κ3) is 2.12. The van der Waals surface area contributed by atoms with Crippen molar-refractivity contribution in [2.75, 3.05) is 12.4 Å². The Morgan fingerprint density at radius 3 is 3.08 bits per heavy atom. The molecule has 0 spiro atoms. The number of amides is 1. The molecule has 2 N–H and O–H groups in total. The van der Waals surface area contributed by atoms with Crippen LogP contribution in [0.1, 0.15) is 0 Å². The molecule has 0 unspecified atom stereocenters. The van der Waals surface area contributed by atoms with Gasteiger partial charge in [0.1, 0.15) is 0 Å². The smallest absolute Gasteiger partial charge is 0.409 e. The lowest BCUT2D eigenvalue weighted by Crippen LogP contribution is -2.07. The predicted octanol–water partition coefficient (Wildman–Crippen LogP) is 1.18. The molecular weight excluding hydrogens is 160 g/mol. The van der Waals surface area contributed by atoms with Crippen LogP contribution in [0.15, 0.2) is 18.3 Å². The number of nitrogens with zero attached hydrogens (tertiary/aromatic N) is 1. The Hall–Kier alpha value is -1.78. The van der Waals surface area contributed by atoms with Crippen LogP contribution in [0, 0.1) is 0 Å². The zero-order valence-corrected chi connectivity index (χ0v) is 6.44. The van der Waals surface area contributed by atoms with Gasteiger partial charge in [0.05, 0.1) is 12.8 Å². The first-order valence-corrected chi connectivity index (χ1v) is 3.22. The highest BCUT2D eigenvalue weighted by molar-refractivity contribution is 5.82. The number of carbonyl (C=O) groups is 1. The average Bonchev–Trinajstić information content (AvgIpc) is 2.03. The van der Waals surface area contributed by atoms with Crippen LogP contribution in [0.4, 0.5) is 10.5 Å². The van der Waals surface area contributed by atoms with Crippen molar-refractivity contribution < 1.29 is 14.6 Å². The van der Waals surface area contributed by atoms with Gasteiger partial charge in [-0.3, -0.25) is 5.32 Å². The third-order valence-electron chi connectivity index (χ3n) is 1.20. The quantitative estimate of drug-likeness (QED) is 0.695. The molecule has 0 aliphatic carbocycles. The molecule has 12 heavy (non-hydrogen) atoms. The molecule has 0 saturated heterocycles. The van der Waals surface area contributed by atoms with Gasteiger partial charge < -0.3 is 9.84 Å². The summed E-state index contributed by atoms with van der Waals surface area (Å²) in [7, 11) is 1.47. The van der Waals surface area contributed by atoms with Gasteiger partial charge in [0.15, 0.2) is 0 Å². The van der Waals surface area contributed by atoms with E-state index < -0.39 is 6.09 Å². The van der Waals surface area contributed by atoms with Crippen LogP contribution < -0.4 is 10.1 Å². The van der Waals surface area contributed by atoms with E-state index in [1.54, 1.807) is 0 Å². The van der Waals surface area contributed by atoms with Gasteiger partial charge in [-0.15, -0.1) is 0 Å². The SMILES string of the molecule is COc1cc(NC(=O)O)ccn1. The minimum absolute atomic E-state index is 0.376. The maximum absolute atomic E-state index is 10.2. The molecule has 1 rings (SSSR count). The van der Waals surface area contributed by atoms with Crippen LogP contribution in [-0.2, 0) is 0 Å². The van der Waals surface area contributed by atoms with Gasteiger partial charge in [0.25, 0.3) is 0 Å². The molecule has 5 nitrogen and oxygen atoms in total. The van der Waals surface area contributed by atoms with Gasteiger partial charge in [0.2, 0.25) is 5.88 Å². The van der Waals surface area contributed by atoms with E-state index in [0.29, 0.717) is 11.6 Å². The normalized spacial score (nSPS) is 9.08. The van der Waals surface area contributed by atoms with Gasteiger partial charge >= 0.3 is 6.09 Å². The topological polar surface area (TPSA) is 71.5 Å². The molecule has 0 bridgehead atoms. The van der Waals surface area contributed by atoms with E-state index in [4.69, 9.17) is 9.84 Å². The number of aromatic nitrogens is 1. The van der Waals surface area contributed by atoms with E-state index in [9.17, 15) is 4.79 Å². The van der Waals surface area contributed by atoms with Crippen LogP contribution in [0.5, 0.6) is 5.88 Å². The highest BCUT2D eigenvalue weighted by Gasteiger charge is 1.98. The standard InChI is InChI=1S/C7H8N2O3/c1-12-6-4-5(2-3-8-6)9-7(10)11/h2-4H,1H3,(H,8,9)(H,10,11). The second-order valence-electron chi connectivity index (χ2n) is 2.02. The van der Waals surface area contributed by atoms with Crippen LogP contribution in [0.2, 0.25) is 0 Å². The molecule has 0 aromatic carbocycles. The van der Waals surface area contributed by atoms with Crippen molar-refractivity contribution in [1.82, 2.24) is 4.98 Å². The van der Waals surface area contributed by atoms with E-state index in [0.717, 1.165) is 0 Å². The molecule has 0 fully saturated rings. The Kier molecular flexibility index (Phi) is 2.47. The Labute approximate surface area is 69.0 Å². The van der Waals surface area contributed by atoms with Crippen molar-refractivity contribution in [3.8, 4) is 5.88 Å². The second kappa shape index (κ2) is 3.56. The van der Waals surface area contributed by atoms with E-state index in [1.807, 2.05) is 0 Å². The van der Waals surface area contributed by atoms with Crippen molar-refractivity contribution in [2.24, 2.45) is 0 Å². The molecule has 0 aliphatic heterocycles. The molecule has 0 radical (unpaired) electrons. The number of carboxylic acid groups (broad SMARTS) is 1. The number of hydrogen-bond donors (Lipinski definition) is 2. The molecule has 1 aromatic rings. The predicted molar refractivity (Wildman–Crippen MR) is 42.4 cm³/mol. The molecule has 0 aliphatic rings. The Morgan fingerprint density at radius 2 is 2.50 bits per heavy atom. The van der Waals surface area contributed by atoms with Crippen molar-refractivity contribution >= 4 is 11.8 Å². The number of pyridine rings is 1. The zero-order chi connectivity index (χ0) is 8.97. The van der Waals surface area contributed by atoms with Gasteiger partial charge in [-0.05, 0) is 6.07 Å². The van der Waals surface area contributed by atoms with Crippen LogP contribution in [-0.4, -0.2) is 23.3 Å². The average molecular weight is 168 g/mol. The van der Waals surface area contributed by atoms with Crippen molar-refractivity contribution in [1.29, 1.82) is 0 Å². The summed E-state index contributed by atoms with van der Waals surface area (Å²) in [6.07, 6.45) is 0.354. The zero-order valence-electron chi connectivity index (χ0n) is 6.44. The molecular formula is C7H8N2O3. The maximum Gasteiger partial charge on any atom is 0.409 e. The van der Waals surface area contributed by atoms with E-state index in [1.165, 1.54) is 25.4 Å². The summed E-state index contributed by atoms with van der Waals surface area (Å²) < 4.78 is 4.79. The molecule has 1 aromatic heterocycles. The van der Waals surface area contributed by atoms with Gasteiger partial charge in [-0.25, -0.2) is 9.78 Å². The first-order chi connectivity index (χ1) is 5.72. The third-order valence-corrected chi connectivity index (χ3v) is 1.20.